The molecule has 0 aliphatic heterocycles. The lowest BCUT2D eigenvalue weighted by atomic mass is 10.1. The molecule has 46 heavy (non-hydrogen) atoms. The molecule has 0 amide bonds. The SMILES string of the molecule is CCCC[N+](CCCC)(CCCC)CCCC.CCCC[N+](CCCC)(CCCC)CCCC.Cc1ccccc1.O=S(=O)([O-])[O-]. The Morgan fingerprint density at radius 2 is 0.609 bits per heavy atom. The predicted molar refractivity (Wildman–Crippen MR) is 200 cm³/mol. The van der Waals surface area contributed by atoms with Crippen molar-refractivity contribution < 1.29 is 26.5 Å². The number of hydrogen-bond acceptors (Lipinski definition) is 4. The maximum atomic E-state index is 8.52. The number of quaternary nitrogens is 2. The molecule has 0 saturated heterocycles. The fraction of sp³-hybridized carbons (Fsp3) is 0.846. The van der Waals surface area contributed by atoms with Crippen molar-refractivity contribution in [2.24, 2.45) is 0 Å². The van der Waals surface area contributed by atoms with Crippen LogP contribution in [0.4, 0.5) is 0 Å². The minimum atomic E-state index is -5.17. The average Bonchev–Trinajstić information content (AvgIpc) is 3.03. The van der Waals surface area contributed by atoms with Gasteiger partial charge in [-0.05, 0) is 58.3 Å². The molecule has 0 heterocycles. The summed E-state index contributed by atoms with van der Waals surface area (Å²) < 4.78 is 36.9. The molecule has 0 aromatic heterocycles. The van der Waals surface area contributed by atoms with E-state index in [1.54, 1.807) is 0 Å². The lowest BCUT2D eigenvalue weighted by Crippen LogP contribution is -2.50. The summed E-state index contributed by atoms with van der Waals surface area (Å²) in [6.45, 7) is 32.1. The van der Waals surface area contributed by atoms with Gasteiger partial charge in [0, 0.05) is 10.4 Å². The predicted octanol–water partition coefficient (Wildman–Crippen LogP) is 10.7. The number of unbranched alkanes of at least 4 members (excludes halogenated alkanes) is 8. The van der Waals surface area contributed by atoms with Gasteiger partial charge in [-0.1, -0.05) is 143 Å². The van der Waals surface area contributed by atoms with Crippen molar-refractivity contribution in [1.82, 2.24) is 0 Å². The second-order valence-electron chi connectivity index (χ2n) is 13.4. The van der Waals surface area contributed by atoms with Crippen molar-refractivity contribution in [3.8, 4) is 0 Å². The molecular weight excluding hydrogens is 593 g/mol. The summed E-state index contributed by atoms with van der Waals surface area (Å²) in [7, 11) is -5.17. The highest BCUT2D eigenvalue weighted by atomic mass is 32.3. The van der Waals surface area contributed by atoms with E-state index in [1.165, 1.54) is 170 Å². The first-order valence-electron chi connectivity index (χ1n) is 19.3. The van der Waals surface area contributed by atoms with E-state index in [4.69, 9.17) is 17.5 Å². The first kappa shape index (κ1) is 49.4. The quantitative estimate of drug-likeness (QED) is 0.0622. The zero-order valence-electron chi connectivity index (χ0n) is 32.3. The van der Waals surface area contributed by atoms with Gasteiger partial charge in [0.15, 0.2) is 0 Å². The summed E-state index contributed by atoms with van der Waals surface area (Å²) in [6.07, 6.45) is 22.1. The number of aryl methyl sites for hydroxylation is 1. The zero-order chi connectivity index (χ0) is 35.6. The molecule has 7 heteroatoms. The van der Waals surface area contributed by atoms with Crippen LogP contribution in [0.1, 0.15) is 164 Å². The van der Waals surface area contributed by atoms with Crippen LogP contribution in [0.2, 0.25) is 0 Å². The Bertz CT molecular complexity index is 715. The highest BCUT2D eigenvalue weighted by Crippen LogP contribution is 2.17. The molecule has 0 radical (unpaired) electrons. The number of nitrogens with zero attached hydrogens (tertiary/aromatic N) is 2. The van der Waals surface area contributed by atoms with Crippen molar-refractivity contribution in [3.63, 3.8) is 0 Å². The molecule has 276 valence electrons. The van der Waals surface area contributed by atoms with Crippen LogP contribution in [-0.2, 0) is 10.4 Å². The van der Waals surface area contributed by atoms with Crippen LogP contribution in [0.3, 0.4) is 0 Å². The van der Waals surface area contributed by atoms with Gasteiger partial charge < -0.3 is 18.1 Å². The molecule has 0 saturated carbocycles. The van der Waals surface area contributed by atoms with Gasteiger partial charge in [0.1, 0.15) is 0 Å². The van der Waals surface area contributed by atoms with E-state index >= 15 is 0 Å². The van der Waals surface area contributed by atoms with E-state index in [-0.39, 0.29) is 0 Å². The molecule has 1 rings (SSSR count). The third-order valence-electron chi connectivity index (χ3n) is 8.83. The zero-order valence-corrected chi connectivity index (χ0v) is 33.1. The second kappa shape index (κ2) is 33.9. The Balaban J connectivity index is -0.000000594. The highest BCUT2D eigenvalue weighted by Gasteiger charge is 2.25. The normalized spacial score (nSPS) is 11.5. The molecule has 1 aromatic carbocycles. The Labute approximate surface area is 289 Å². The maximum absolute atomic E-state index is 8.52. The van der Waals surface area contributed by atoms with E-state index in [0.29, 0.717) is 0 Å². The monoisotopic (exact) mass is 673 g/mol. The molecule has 0 unspecified atom stereocenters. The largest absolute Gasteiger partial charge is 0.759 e. The third-order valence-corrected chi connectivity index (χ3v) is 8.83. The fourth-order valence-electron chi connectivity index (χ4n) is 5.82. The lowest BCUT2D eigenvalue weighted by molar-refractivity contribution is -0.929. The molecule has 0 spiro atoms. The van der Waals surface area contributed by atoms with Crippen molar-refractivity contribution in [2.45, 2.75) is 165 Å². The fourth-order valence-corrected chi connectivity index (χ4v) is 5.82. The number of rotatable bonds is 24. The molecule has 0 atom stereocenters. The summed E-state index contributed by atoms with van der Waals surface area (Å²) in [5.74, 6) is 0. The van der Waals surface area contributed by atoms with E-state index in [0.717, 1.165) is 0 Å². The van der Waals surface area contributed by atoms with Gasteiger partial charge in [0.05, 0.1) is 52.4 Å². The van der Waals surface area contributed by atoms with Gasteiger partial charge in [-0.2, -0.15) is 0 Å². The minimum absolute atomic E-state index is 1.32. The molecule has 0 bridgehead atoms. The smallest absolute Gasteiger partial charge is 0.0786 e. The maximum Gasteiger partial charge on any atom is 0.0786 e. The van der Waals surface area contributed by atoms with Crippen molar-refractivity contribution in [2.75, 3.05) is 52.4 Å². The van der Waals surface area contributed by atoms with Crippen LogP contribution in [0.15, 0.2) is 30.3 Å². The molecular formula is C39H80N2O4S. The number of benzene rings is 1. The summed E-state index contributed by atoms with van der Waals surface area (Å²) >= 11 is 0. The molecule has 0 aliphatic carbocycles. The Kier molecular flexibility index (Phi) is 36.4. The van der Waals surface area contributed by atoms with Crippen LogP contribution < -0.4 is 0 Å². The van der Waals surface area contributed by atoms with Crippen LogP contribution in [0, 0.1) is 6.92 Å². The molecule has 0 aliphatic rings. The van der Waals surface area contributed by atoms with E-state index in [9.17, 15) is 0 Å². The average molecular weight is 673 g/mol. The molecule has 1 aromatic rings. The minimum Gasteiger partial charge on any atom is -0.759 e. The van der Waals surface area contributed by atoms with Crippen LogP contribution in [0.25, 0.3) is 0 Å². The van der Waals surface area contributed by atoms with Crippen molar-refractivity contribution in [3.05, 3.63) is 35.9 Å². The van der Waals surface area contributed by atoms with Gasteiger partial charge in [-0.25, -0.2) is 0 Å². The number of hydrogen-bond donors (Lipinski definition) is 0. The molecule has 6 nitrogen and oxygen atoms in total. The summed E-state index contributed by atoms with van der Waals surface area (Å²) in [5.41, 5.74) is 1.32. The van der Waals surface area contributed by atoms with Gasteiger partial charge >= 0.3 is 0 Å². The van der Waals surface area contributed by atoms with Gasteiger partial charge in [0.2, 0.25) is 0 Å². The van der Waals surface area contributed by atoms with E-state index in [2.05, 4.69) is 74.4 Å². The summed E-state index contributed by atoms with van der Waals surface area (Å²) in [5, 5.41) is 0. The van der Waals surface area contributed by atoms with E-state index < -0.39 is 10.4 Å². The second-order valence-corrected chi connectivity index (χ2v) is 14.2. The van der Waals surface area contributed by atoms with Crippen molar-refractivity contribution >= 4 is 10.4 Å². The van der Waals surface area contributed by atoms with Crippen molar-refractivity contribution in [1.29, 1.82) is 0 Å². The first-order chi connectivity index (χ1) is 21.9. The van der Waals surface area contributed by atoms with Crippen LogP contribution in [-0.4, -0.2) is 78.8 Å². The Morgan fingerprint density at radius 3 is 0.717 bits per heavy atom. The first-order valence-corrected chi connectivity index (χ1v) is 20.6. The van der Waals surface area contributed by atoms with Crippen LogP contribution >= 0.6 is 0 Å². The van der Waals surface area contributed by atoms with E-state index in [1.807, 2.05) is 18.2 Å². The Hall–Kier alpha value is -0.990. The van der Waals surface area contributed by atoms with Gasteiger partial charge in [-0.3, -0.25) is 8.42 Å². The highest BCUT2D eigenvalue weighted by molar-refractivity contribution is 7.79. The molecule has 0 fully saturated rings. The van der Waals surface area contributed by atoms with Gasteiger partial charge in [-0.15, -0.1) is 0 Å². The lowest BCUT2D eigenvalue weighted by Gasteiger charge is -2.39. The van der Waals surface area contributed by atoms with Gasteiger partial charge in [0.25, 0.3) is 0 Å². The summed E-state index contributed by atoms with van der Waals surface area (Å²) in [4.78, 5) is 0. The standard InChI is InChI=1S/2C16H36N.C7H8.H2O4S/c2*1-5-9-13-17(14-10-6-2,15-11-7-3)16-12-8-4;1-7-5-3-2-4-6-7;1-5(2,3)4/h2*5-16H2,1-4H3;2-6H,1H3;(H2,1,2,3,4)/q2*+1;;/p-2. The van der Waals surface area contributed by atoms with Crippen LogP contribution in [0.5, 0.6) is 0 Å². The topological polar surface area (TPSA) is 80.3 Å². The summed E-state index contributed by atoms with van der Waals surface area (Å²) in [6, 6.07) is 10.3. The molecule has 0 N–H and O–H groups in total. The Morgan fingerprint density at radius 1 is 0.435 bits per heavy atom. The third kappa shape index (κ3) is 34.3.